The first-order chi connectivity index (χ1) is 1.73. The van der Waals surface area contributed by atoms with Gasteiger partial charge >= 0.3 is 0 Å². The largest absolute Gasteiger partial charge is 0.481 e. The van der Waals surface area contributed by atoms with Crippen LogP contribution in [0.2, 0.25) is 0 Å². The van der Waals surface area contributed by atoms with Crippen molar-refractivity contribution >= 4 is 5.97 Å². The van der Waals surface area contributed by atoms with E-state index in [2.05, 4.69) is 0 Å². The number of carbonyl (C=O) groups is 1. The molecule has 0 aliphatic carbocycles. The Hall–Kier alpha value is -0.144. The van der Waals surface area contributed by atoms with E-state index in [0.29, 0.717) is 0 Å². The fourth-order valence-corrected chi connectivity index (χ4v) is 0. The summed E-state index contributed by atoms with van der Waals surface area (Å²) in [7, 11) is 0. The quantitative estimate of drug-likeness (QED) is 0.437. The van der Waals surface area contributed by atoms with Crippen molar-refractivity contribution in [2.45, 2.75) is 6.92 Å². The summed E-state index contributed by atoms with van der Waals surface area (Å²) < 4.78 is 0. The van der Waals surface area contributed by atoms with E-state index < -0.39 is 5.97 Å². The Bertz CT molecular complexity index is 33.4. The smallest absolute Gasteiger partial charge is 0.300 e. The van der Waals surface area contributed by atoms with E-state index in [4.69, 9.17) is 9.90 Å². The molecule has 0 unspecified atom stereocenters. The minimum atomic E-state index is -0.833. The molecular weight excluding hydrogens is 163 g/mol. The Labute approximate surface area is 56.8 Å². The average Bonchev–Trinajstić information content (AvgIpc) is 0.811. The van der Waals surface area contributed by atoms with Gasteiger partial charge in [0.1, 0.15) is 0 Å². The minimum Gasteiger partial charge on any atom is -0.481 e. The van der Waals surface area contributed by atoms with E-state index in [0.717, 1.165) is 6.92 Å². The molecule has 0 aromatic rings. The van der Waals surface area contributed by atoms with Crippen LogP contribution in [-0.2, 0) is 21.6 Å². The van der Waals surface area contributed by atoms with Crippen LogP contribution >= 0.6 is 0 Å². The summed E-state index contributed by atoms with van der Waals surface area (Å²) in [5.41, 5.74) is 0. The van der Waals surface area contributed by atoms with Crippen LogP contribution in [0, 0.1) is 0 Å². The average molecular weight is 173 g/mol. The monoisotopic (exact) mass is 173 g/mol. The molecule has 5 nitrogen and oxygen atoms in total. The molecule has 0 saturated carbocycles. The standard InChI is InChI=1S/C2H4O2.Co.3H2O/c1-2(3)4;;;;/h1H3,(H,3,4);;3*1H2. The normalized spacial score (nSPS) is 3.12. The molecule has 57 valence electrons. The first-order valence-corrected chi connectivity index (χ1v) is 0.928. The number of aliphatic carboxylic acids is 1. The van der Waals surface area contributed by atoms with Crippen LogP contribution in [0.15, 0.2) is 0 Å². The predicted octanol–water partition coefficient (Wildman–Crippen LogP) is -2.39. The molecule has 0 heterocycles. The van der Waals surface area contributed by atoms with Crippen LogP contribution in [0.25, 0.3) is 0 Å². The molecule has 6 heteroatoms. The molecule has 0 atom stereocenters. The Morgan fingerprint density at radius 1 is 1.25 bits per heavy atom. The number of carboxylic acid groups (broad SMARTS) is 1. The zero-order valence-electron chi connectivity index (χ0n) is 4.19. The number of hydrogen-bond donors (Lipinski definition) is 1. The second-order valence-corrected chi connectivity index (χ2v) is 0.519. The SMILES string of the molecule is CC(=O)O.O.O.O.[Co]. The van der Waals surface area contributed by atoms with Gasteiger partial charge in [0.2, 0.25) is 0 Å². The first-order valence-electron chi connectivity index (χ1n) is 0.928. The maximum Gasteiger partial charge on any atom is 0.300 e. The zero-order chi connectivity index (χ0) is 3.58. The van der Waals surface area contributed by atoms with Crippen LogP contribution in [0.3, 0.4) is 0 Å². The van der Waals surface area contributed by atoms with E-state index in [9.17, 15) is 0 Å². The molecule has 0 aliphatic heterocycles. The van der Waals surface area contributed by atoms with Crippen LogP contribution in [0.1, 0.15) is 6.92 Å². The molecule has 1 radical (unpaired) electrons. The van der Waals surface area contributed by atoms with Gasteiger partial charge in [0.15, 0.2) is 0 Å². The van der Waals surface area contributed by atoms with Crippen molar-refractivity contribution < 1.29 is 43.1 Å². The van der Waals surface area contributed by atoms with Crippen molar-refractivity contribution in [1.82, 2.24) is 0 Å². The molecule has 0 aromatic heterocycles. The van der Waals surface area contributed by atoms with Crippen LogP contribution < -0.4 is 0 Å². The van der Waals surface area contributed by atoms with Gasteiger partial charge in [0, 0.05) is 23.7 Å². The van der Waals surface area contributed by atoms with Crippen molar-refractivity contribution in [3.63, 3.8) is 0 Å². The van der Waals surface area contributed by atoms with Gasteiger partial charge in [0.25, 0.3) is 5.97 Å². The van der Waals surface area contributed by atoms with E-state index in [1.165, 1.54) is 0 Å². The van der Waals surface area contributed by atoms with Gasteiger partial charge in [-0.3, -0.25) is 4.79 Å². The number of hydrogen-bond acceptors (Lipinski definition) is 1. The summed E-state index contributed by atoms with van der Waals surface area (Å²) in [6.45, 7) is 1.08. The summed E-state index contributed by atoms with van der Waals surface area (Å²) in [5, 5.41) is 7.42. The van der Waals surface area contributed by atoms with Gasteiger partial charge in [-0.25, -0.2) is 0 Å². The van der Waals surface area contributed by atoms with E-state index in [1.54, 1.807) is 0 Å². The molecule has 0 saturated heterocycles. The van der Waals surface area contributed by atoms with E-state index >= 15 is 0 Å². The second-order valence-electron chi connectivity index (χ2n) is 0.519. The first kappa shape index (κ1) is 45.3. The Morgan fingerprint density at radius 3 is 1.25 bits per heavy atom. The second kappa shape index (κ2) is 28.8. The van der Waals surface area contributed by atoms with Gasteiger partial charge in [-0.15, -0.1) is 0 Å². The van der Waals surface area contributed by atoms with Gasteiger partial charge in [-0.1, -0.05) is 0 Å². The van der Waals surface area contributed by atoms with Crippen LogP contribution in [-0.4, -0.2) is 27.5 Å². The summed E-state index contributed by atoms with van der Waals surface area (Å²) in [6.07, 6.45) is 0. The molecular formula is C2H10CoO5. The summed E-state index contributed by atoms with van der Waals surface area (Å²) in [6, 6.07) is 0. The van der Waals surface area contributed by atoms with Crippen LogP contribution in [0.5, 0.6) is 0 Å². The van der Waals surface area contributed by atoms with E-state index in [1.807, 2.05) is 0 Å². The van der Waals surface area contributed by atoms with Crippen molar-refractivity contribution in [1.29, 1.82) is 0 Å². The summed E-state index contributed by atoms with van der Waals surface area (Å²) in [5.74, 6) is -0.833. The Morgan fingerprint density at radius 2 is 1.25 bits per heavy atom. The molecule has 0 fully saturated rings. The topological polar surface area (TPSA) is 132 Å². The zero-order valence-corrected chi connectivity index (χ0v) is 5.23. The predicted molar refractivity (Wildman–Crippen MR) is 24.2 cm³/mol. The molecule has 0 spiro atoms. The fraction of sp³-hybridized carbons (Fsp3) is 0.500. The molecule has 0 rings (SSSR count). The van der Waals surface area contributed by atoms with Crippen molar-refractivity contribution in [3.8, 4) is 0 Å². The molecule has 0 aliphatic rings. The summed E-state index contributed by atoms with van der Waals surface area (Å²) in [4.78, 5) is 9.00. The third-order valence-electron chi connectivity index (χ3n) is 0. The molecule has 8 heavy (non-hydrogen) atoms. The third kappa shape index (κ3) is 6710. The Balaban J connectivity index is -0.00000000750. The maximum atomic E-state index is 9.00. The minimum absolute atomic E-state index is 0. The van der Waals surface area contributed by atoms with Gasteiger partial charge in [0.05, 0.1) is 0 Å². The van der Waals surface area contributed by atoms with Gasteiger partial charge in [-0.05, 0) is 0 Å². The number of carboxylic acids is 1. The van der Waals surface area contributed by atoms with Crippen molar-refractivity contribution in [2.75, 3.05) is 0 Å². The molecule has 7 N–H and O–H groups in total. The third-order valence-corrected chi connectivity index (χ3v) is 0. The molecule has 0 aromatic carbocycles. The summed E-state index contributed by atoms with van der Waals surface area (Å²) >= 11 is 0. The van der Waals surface area contributed by atoms with Crippen molar-refractivity contribution in [3.05, 3.63) is 0 Å². The Kier molecular flexibility index (Phi) is 163. The molecule has 0 amide bonds. The maximum absolute atomic E-state index is 9.00. The number of rotatable bonds is 0. The van der Waals surface area contributed by atoms with E-state index in [-0.39, 0.29) is 33.2 Å². The van der Waals surface area contributed by atoms with Gasteiger partial charge in [-0.2, -0.15) is 0 Å². The molecule has 0 bridgehead atoms. The van der Waals surface area contributed by atoms with Crippen molar-refractivity contribution in [2.24, 2.45) is 0 Å². The van der Waals surface area contributed by atoms with Gasteiger partial charge < -0.3 is 21.5 Å². The van der Waals surface area contributed by atoms with Crippen LogP contribution in [0.4, 0.5) is 0 Å². The fourth-order valence-electron chi connectivity index (χ4n) is 0.